The Morgan fingerprint density at radius 1 is 0.415 bits per heavy atom. The van der Waals surface area contributed by atoms with E-state index in [9.17, 15) is 0 Å². The lowest BCUT2D eigenvalue weighted by Gasteiger charge is -2.42. The molecule has 0 bridgehead atoms. The Hall–Kier alpha value is -6.85. The van der Waals surface area contributed by atoms with Crippen molar-refractivity contribution in [3.8, 4) is 39.9 Å². The lowest BCUT2D eigenvalue weighted by Crippen LogP contribution is -2.30. The van der Waals surface area contributed by atoms with E-state index in [0.717, 1.165) is 38.6 Å². The van der Waals surface area contributed by atoms with Gasteiger partial charge >= 0.3 is 0 Å². The van der Waals surface area contributed by atoms with Crippen molar-refractivity contribution in [1.82, 2.24) is 19.5 Å². The van der Waals surface area contributed by atoms with Gasteiger partial charge in [0.25, 0.3) is 0 Å². The summed E-state index contributed by atoms with van der Waals surface area (Å²) in [5.41, 5.74) is 12.0. The van der Waals surface area contributed by atoms with Crippen molar-refractivity contribution < 1.29 is 0 Å². The number of nitrogens with zero attached hydrogens (tertiary/aromatic N) is 5. The molecule has 0 saturated carbocycles. The average molecular weight is 682 g/mol. The Balaban J connectivity index is 1.27. The number of anilines is 3. The van der Waals surface area contributed by atoms with Crippen LogP contribution < -0.4 is 4.90 Å². The summed E-state index contributed by atoms with van der Waals surface area (Å²) in [5, 5.41) is 2.28. The van der Waals surface area contributed by atoms with Gasteiger partial charge in [0.05, 0.1) is 22.4 Å². The molecule has 0 fully saturated rings. The highest BCUT2D eigenvalue weighted by Crippen LogP contribution is 2.54. The first-order chi connectivity index (χ1) is 26.0. The fourth-order valence-electron chi connectivity index (χ4n) is 7.97. The second-order valence-corrected chi connectivity index (χ2v) is 14.1. The van der Waals surface area contributed by atoms with Gasteiger partial charge in [0, 0.05) is 33.0 Å². The topological polar surface area (TPSA) is 46.8 Å². The van der Waals surface area contributed by atoms with Crippen LogP contribution in [-0.4, -0.2) is 19.5 Å². The third-order valence-electron chi connectivity index (χ3n) is 10.6. The Morgan fingerprint density at radius 2 is 0.962 bits per heavy atom. The molecule has 0 atom stereocenters. The Kier molecular flexibility index (Phi) is 7.08. The van der Waals surface area contributed by atoms with Crippen molar-refractivity contribution >= 4 is 38.9 Å². The smallest absolute Gasteiger partial charge is 0.238 e. The predicted octanol–water partition coefficient (Wildman–Crippen LogP) is 12.1. The van der Waals surface area contributed by atoms with Crippen molar-refractivity contribution in [3.63, 3.8) is 0 Å². The highest BCUT2D eigenvalue weighted by atomic mass is 15.2. The minimum absolute atomic E-state index is 0.334. The van der Waals surface area contributed by atoms with E-state index in [4.69, 9.17) is 15.0 Å². The number of aromatic nitrogens is 4. The predicted molar refractivity (Wildman–Crippen MR) is 217 cm³/mol. The number of benzene rings is 7. The SMILES string of the molecule is CC1(C)c2cc(-c3ccccc3)ccc2N(c2ccccc2)c2cc3c4ccccc4n(-c4nc(-c5ccccc5)nc(-c5ccccc5)n4)c3cc21. The second-order valence-electron chi connectivity index (χ2n) is 14.1. The highest BCUT2D eigenvalue weighted by Gasteiger charge is 2.38. The first-order valence-corrected chi connectivity index (χ1v) is 18.0. The molecule has 7 aromatic carbocycles. The van der Waals surface area contributed by atoms with Crippen LogP contribution in [0.2, 0.25) is 0 Å². The van der Waals surface area contributed by atoms with Crippen molar-refractivity contribution in [2.45, 2.75) is 19.3 Å². The van der Waals surface area contributed by atoms with Gasteiger partial charge < -0.3 is 4.90 Å². The molecule has 5 nitrogen and oxygen atoms in total. The number of para-hydroxylation sites is 2. The molecule has 10 rings (SSSR count). The molecule has 2 aromatic heterocycles. The van der Waals surface area contributed by atoms with E-state index in [0.29, 0.717) is 17.6 Å². The lowest BCUT2D eigenvalue weighted by molar-refractivity contribution is 0.633. The van der Waals surface area contributed by atoms with E-state index in [2.05, 4.69) is 163 Å². The van der Waals surface area contributed by atoms with Gasteiger partial charge in [0.15, 0.2) is 11.6 Å². The van der Waals surface area contributed by atoms with Crippen LogP contribution >= 0.6 is 0 Å². The minimum Gasteiger partial charge on any atom is -0.310 e. The van der Waals surface area contributed by atoms with E-state index in [1.165, 1.54) is 33.6 Å². The van der Waals surface area contributed by atoms with Crippen LogP contribution in [0.5, 0.6) is 0 Å². The molecule has 1 aliphatic heterocycles. The van der Waals surface area contributed by atoms with Crippen molar-refractivity contribution in [2.24, 2.45) is 0 Å². The maximum atomic E-state index is 5.19. The first-order valence-electron chi connectivity index (χ1n) is 18.0. The molecular weight excluding hydrogens is 647 g/mol. The summed E-state index contributed by atoms with van der Waals surface area (Å²) in [5.74, 6) is 1.86. The van der Waals surface area contributed by atoms with Crippen molar-refractivity contribution in [3.05, 3.63) is 187 Å². The number of fused-ring (bicyclic) bond motifs is 5. The lowest BCUT2D eigenvalue weighted by atomic mass is 9.72. The summed E-state index contributed by atoms with van der Waals surface area (Å²) in [6, 6.07) is 62.0. The van der Waals surface area contributed by atoms with E-state index < -0.39 is 0 Å². The summed E-state index contributed by atoms with van der Waals surface area (Å²) in [6.07, 6.45) is 0. The normalized spacial score (nSPS) is 13.2. The molecule has 0 aliphatic carbocycles. The zero-order chi connectivity index (χ0) is 35.5. The highest BCUT2D eigenvalue weighted by molar-refractivity contribution is 6.11. The van der Waals surface area contributed by atoms with Gasteiger partial charge in [-0.05, 0) is 64.7 Å². The molecule has 0 amide bonds. The zero-order valence-electron chi connectivity index (χ0n) is 29.5. The van der Waals surface area contributed by atoms with Gasteiger partial charge in [-0.15, -0.1) is 0 Å². The molecule has 0 radical (unpaired) electrons. The van der Waals surface area contributed by atoms with E-state index in [1.54, 1.807) is 0 Å². The summed E-state index contributed by atoms with van der Waals surface area (Å²) in [7, 11) is 0. The summed E-state index contributed by atoms with van der Waals surface area (Å²) in [4.78, 5) is 17.8. The van der Waals surface area contributed by atoms with E-state index >= 15 is 0 Å². The van der Waals surface area contributed by atoms with Gasteiger partial charge in [-0.3, -0.25) is 4.57 Å². The van der Waals surface area contributed by atoms with Crippen molar-refractivity contribution in [2.75, 3.05) is 4.90 Å². The van der Waals surface area contributed by atoms with Crippen LogP contribution in [0.3, 0.4) is 0 Å². The van der Waals surface area contributed by atoms with E-state index in [-0.39, 0.29) is 5.41 Å². The summed E-state index contributed by atoms with van der Waals surface area (Å²) in [6.45, 7) is 4.70. The molecular formula is C48H35N5. The van der Waals surface area contributed by atoms with Gasteiger partial charge in [-0.2, -0.15) is 9.97 Å². The Bertz CT molecular complexity index is 2730. The molecule has 0 N–H and O–H groups in total. The third kappa shape index (κ3) is 5.04. The van der Waals surface area contributed by atoms with Crippen LogP contribution in [0.1, 0.15) is 25.0 Å². The molecule has 0 unspecified atom stereocenters. The zero-order valence-corrected chi connectivity index (χ0v) is 29.5. The van der Waals surface area contributed by atoms with Crippen LogP contribution in [-0.2, 0) is 5.41 Å². The fourth-order valence-corrected chi connectivity index (χ4v) is 7.97. The van der Waals surface area contributed by atoms with Gasteiger partial charge in [-0.25, -0.2) is 4.98 Å². The van der Waals surface area contributed by atoms with Gasteiger partial charge in [0.1, 0.15) is 0 Å². The minimum atomic E-state index is -0.334. The molecule has 0 saturated heterocycles. The maximum absolute atomic E-state index is 5.19. The van der Waals surface area contributed by atoms with E-state index in [1.807, 2.05) is 36.4 Å². The van der Waals surface area contributed by atoms with Gasteiger partial charge in [-0.1, -0.05) is 147 Å². The third-order valence-corrected chi connectivity index (χ3v) is 10.6. The molecule has 53 heavy (non-hydrogen) atoms. The standard InChI is InChI=1S/C48H35N5/c1-48(2)39-29-35(32-17-7-3-8-18-32)27-28-42(39)52(36-23-13-6-14-24-36)44-30-38-37-25-15-16-26-41(37)53(43(38)31-40(44)48)47-50-45(33-19-9-4-10-20-33)49-46(51-47)34-21-11-5-12-22-34/h3-31H,1-2H3. The molecule has 0 spiro atoms. The van der Waals surface area contributed by atoms with Crippen LogP contribution in [0.4, 0.5) is 17.1 Å². The largest absolute Gasteiger partial charge is 0.310 e. The quantitative estimate of drug-likeness (QED) is 0.181. The second kappa shape index (κ2) is 12.1. The monoisotopic (exact) mass is 681 g/mol. The number of hydrogen-bond acceptors (Lipinski definition) is 4. The van der Waals surface area contributed by atoms with Crippen molar-refractivity contribution in [1.29, 1.82) is 0 Å². The number of hydrogen-bond donors (Lipinski definition) is 0. The summed E-state index contributed by atoms with van der Waals surface area (Å²) < 4.78 is 2.23. The number of rotatable bonds is 5. The maximum Gasteiger partial charge on any atom is 0.238 e. The fraction of sp³-hybridized carbons (Fsp3) is 0.0625. The van der Waals surface area contributed by atoms with Crippen LogP contribution in [0, 0.1) is 0 Å². The van der Waals surface area contributed by atoms with Gasteiger partial charge in [0.2, 0.25) is 5.95 Å². The average Bonchev–Trinajstić information content (AvgIpc) is 3.55. The molecule has 3 heterocycles. The molecule has 5 heteroatoms. The molecule has 252 valence electrons. The summed E-state index contributed by atoms with van der Waals surface area (Å²) >= 11 is 0. The molecule has 1 aliphatic rings. The molecule has 9 aromatic rings. The Morgan fingerprint density at radius 3 is 1.60 bits per heavy atom. The van der Waals surface area contributed by atoms with Crippen LogP contribution in [0.25, 0.3) is 61.7 Å². The Labute approximate surface area is 308 Å². The first kappa shape index (κ1) is 30.9. The van der Waals surface area contributed by atoms with Crippen LogP contribution in [0.15, 0.2) is 176 Å².